The number of hydrogen-bond acceptors (Lipinski definition) is 4. The zero-order chi connectivity index (χ0) is 19.2. The van der Waals surface area contributed by atoms with E-state index in [1.165, 1.54) is 13.3 Å². The van der Waals surface area contributed by atoms with Crippen LogP contribution >= 0.6 is 0 Å². The number of hydrogen-bond donors (Lipinski definition) is 3. The third-order valence-corrected chi connectivity index (χ3v) is 4.41. The van der Waals surface area contributed by atoms with Gasteiger partial charge in [0.05, 0.1) is 6.26 Å². The molecule has 4 amide bonds. The Morgan fingerprint density at radius 3 is 2.56 bits per heavy atom. The summed E-state index contributed by atoms with van der Waals surface area (Å²) in [7, 11) is 1.52. The normalized spacial score (nSPS) is 16.5. The van der Waals surface area contributed by atoms with Crippen molar-refractivity contribution in [3.8, 4) is 0 Å². The van der Waals surface area contributed by atoms with E-state index in [0.717, 1.165) is 12.8 Å². The van der Waals surface area contributed by atoms with E-state index in [4.69, 9.17) is 4.42 Å². The molecule has 8 heteroatoms. The molecular weight excluding hydrogens is 348 g/mol. The molecule has 8 nitrogen and oxygen atoms in total. The monoisotopic (exact) mass is 370 g/mol. The van der Waals surface area contributed by atoms with Crippen LogP contribution < -0.4 is 16.0 Å². The summed E-state index contributed by atoms with van der Waals surface area (Å²) in [5.41, 5.74) is 1.10. The number of urea groups is 1. The minimum Gasteiger partial charge on any atom is -0.459 e. The molecule has 0 aliphatic carbocycles. The Balaban J connectivity index is 1.71. The second-order valence-electron chi connectivity index (χ2n) is 6.26. The van der Waals surface area contributed by atoms with Gasteiger partial charge in [-0.25, -0.2) is 4.79 Å². The van der Waals surface area contributed by atoms with E-state index in [-0.39, 0.29) is 23.6 Å². The molecule has 1 fully saturated rings. The molecule has 1 aromatic carbocycles. The molecule has 3 N–H and O–H groups in total. The van der Waals surface area contributed by atoms with Crippen LogP contribution in [0.1, 0.15) is 29.8 Å². The lowest BCUT2D eigenvalue weighted by Gasteiger charge is -2.34. The lowest BCUT2D eigenvalue weighted by molar-refractivity contribution is -0.121. The van der Waals surface area contributed by atoms with Gasteiger partial charge in [0.2, 0.25) is 5.91 Å². The molecule has 1 atom stereocenters. The first-order valence-electron chi connectivity index (χ1n) is 8.82. The summed E-state index contributed by atoms with van der Waals surface area (Å²) >= 11 is 0. The maximum Gasteiger partial charge on any atom is 0.318 e. The lowest BCUT2D eigenvalue weighted by Crippen LogP contribution is -2.49. The number of carbonyl (C=O) groups is 3. The molecule has 0 bridgehead atoms. The Hall–Kier alpha value is -3.29. The van der Waals surface area contributed by atoms with Crippen LogP contribution in [-0.2, 0) is 4.79 Å². The maximum absolute atomic E-state index is 12.8. The van der Waals surface area contributed by atoms with Crippen molar-refractivity contribution < 1.29 is 18.8 Å². The number of amides is 4. The van der Waals surface area contributed by atoms with E-state index in [0.29, 0.717) is 24.3 Å². The van der Waals surface area contributed by atoms with Crippen molar-refractivity contribution in [1.29, 1.82) is 0 Å². The van der Waals surface area contributed by atoms with Gasteiger partial charge >= 0.3 is 6.03 Å². The average Bonchev–Trinajstić information content (AvgIpc) is 3.22. The Labute approximate surface area is 156 Å². The molecule has 0 radical (unpaired) electrons. The van der Waals surface area contributed by atoms with Gasteiger partial charge in [-0.2, -0.15) is 0 Å². The Kier molecular flexibility index (Phi) is 5.75. The van der Waals surface area contributed by atoms with Crippen LogP contribution in [-0.4, -0.2) is 42.4 Å². The van der Waals surface area contributed by atoms with Gasteiger partial charge in [-0.15, -0.1) is 0 Å². The third kappa shape index (κ3) is 4.46. The highest BCUT2D eigenvalue weighted by Crippen LogP contribution is 2.22. The number of nitrogens with zero attached hydrogens (tertiary/aromatic N) is 1. The fourth-order valence-electron chi connectivity index (χ4n) is 3.08. The van der Waals surface area contributed by atoms with Crippen LogP contribution in [0, 0.1) is 0 Å². The largest absolute Gasteiger partial charge is 0.459 e. The number of benzene rings is 1. The van der Waals surface area contributed by atoms with Crippen LogP contribution in [0.25, 0.3) is 0 Å². The van der Waals surface area contributed by atoms with Crippen molar-refractivity contribution in [3.05, 3.63) is 48.4 Å². The molecule has 142 valence electrons. The first kappa shape index (κ1) is 18.5. The van der Waals surface area contributed by atoms with Gasteiger partial charge in [-0.1, -0.05) is 6.07 Å². The maximum atomic E-state index is 12.8. The predicted molar refractivity (Wildman–Crippen MR) is 101 cm³/mol. The van der Waals surface area contributed by atoms with Gasteiger partial charge in [0.1, 0.15) is 6.04 Å². The Bertz CT molecular complexity index is 819. The average molecular weight is 370 g/mol. The number of rotatable bonds is 4. The molecule has 0 saturated carbocycles. The standard InChI is InChI=1S/C19H22N4O4/c1-20-19(26)22-14-7-4-6-13(12-14)21-17(24)15-8-2-3-10-23(15)18(25)16-9-5-11-27-16/h4-7,9,11-12,15H,2-3,8,10H2,1H3,(H,21,24)(H2,20,22,26)/t15-/m1/s1. The molecule has 1 aliphatic heterocycles. The van der Waals surface area contributed by atoms with Gasteiger partial charge in [0.25, 0.3) is 5.91 Å². The zero-order valence-corrected chi connectivity index (χ0v) is 15.0. The van der Waals surface area contributed by atoms with E-state index < -0.39 is 6.04 Å². The van der Waals surface area contributed by atoms with Crippen molar-refractivity contribution in [3.63, 3.8) is 0 Å². The Morgan fingerprint density at radius 2 is 1.85 bits per heavy atom. The van der Waals surface area contributed by atoms with Crippen LogP contribution in [0.4, 0.5) is 16.2 Å². The number of anilines is 2. The summed E-state index contributed by atoms with van der Waals surface area (Å²) in [5.74, 6) is -0.312. The van der Waals surface area contributed by atoms with E-state index >= 15 is 0 Å². The zero-order valence-electron chi connectivity index (χ0n) is 15.0. The Morgan fingerprint density at radius 1 is 1.07 bits per heavy atom. The summed E-state index contributed by atoms with van der Waals surface area (Å²) in [4.78, 5) is 38.4. The molecule has 2 heterocycles. The predicted octanol–water partition coefficient (Wildman–Crippen LogP) is 2.66. The first-order chi connectivity index (χ1) is 13.1. The van der Waals surface area contributed by atoms with Crippen LogP contribution in [0.15, 0.2) is 47.1 Å². The topological polar surface area (TPSA) is 104 Å². The SMILES string of the molecule is CNC(=O)Nc1cccc(NC(=O)[C@H]2CCCCN2C(=O)c2ccco2)c1. The lowest BCUT2D eigenvalue weighted by atomic mass is 10.0. The summed E-state index contributed by atoms with van der Waals surface area (Å²) < 4.78 is 5.19. The van der Waals surface area contributed by atoms with Crippen LogP contribution in [0.3, 0.4) is 0 Å². The minimum atomic E-state index is -0.563. The third-order valence-electron chi connectivity index (χ3n) is 4.41. The van der Waals surface area contributed by atoms with Crippen LogP contribution in [0.5, 0.6) is 0 Å². The highest BCUT2D eigenvalue weighted by Gasteiger charge is 2.33. The van der Waals surface area contributed by atoms with Crippen molar-refractivity contribution in [2.75, 3.05) is 24.2 Å². The molecule has 2 aromatic rings. The van der Waals surface area contributed by atoms with Crippen molar-refractivity contribution >= 4 is 29.2 Å². The summed E-state index contributed by atoms with van der Waals surface area (Å²) in [6.07, 6.45) is 3.76. The second-order valence-corrected chi connectivity index (χ2v) is 6.26. The highest BCUT2D eigenvalue weighted by molar-refractivity contribution is 6.00. The molecule has 3 rings (SSSR count). The van der Waals surface area contributed by atoms with E-state index in [1.54, 1.807) is 41.3 Å². The van der Waals surface area contributed by atoms with Gasteiger partial charge in [0, 0.05) is 25.0 Å². The van der Waals surface area contributed by atoms with Gasteiger partial charge in [0.15, 0.2) is 5.76 Å². The number of furan rings is 1. The minimum absolute atomic E-state index is 0.228. The van der Waals surface area contributed by atoms with Crippen molar-refractivity contribution in [2.24, 2.45) is 0 Å². The number of carbonyl (C=O) groups excluding carboxylic acids is 3. The van der Waals surface area contributed by atoms with Crippen LogP contribution in [0.2, 0.25) is 0 Å². The first-order valence-corrected chi connectivity index (χ1v) is 8.82. The second kappa shape index (κ2) is 8.39. The van der Waals surface area contributed by atoms with Crippen molar-refractivity contribution in [2.45, 2.75) is 25.3 Å². The summed E-state index contributed by atoms with van der Waals surface area (Å²) in [5, 5.41) is 7.96. The molecule has 0 spiro atoms. The van der Waals surface area contributed by atoms with Gasteiger partial charge < -0.3 is 25.3 Å². The van der Waals surface area contributed by atoms with Crippen molar-refractivity contribution in [1.82, 2.24) is 10.2 Å². The number of nitrogens with one attached hydrogen (secondary N) is 3. The number of piperidine rings is 1. The fourth-order valence-corrected chi connectivity index (χ4v) is 3.08. The van der Waals surface area contributed by atoms with E-state index in [9.17, 15) is 14.4 Å². The molecule has 1 aromatic heterocycles. The number of likely N-dealkylation sites (tertiary alicyclic amines) is 1. The summed E-state index contributed by atoms with van der Waals surface area (Å²) in [6.45, 7) is 0.510. The molecule has 27 heavy (non-hydrogen) atoms. The molecule has 1 saturated heterocycles. The molecule has 0 unspecified atom stereocenters. The molecular formula is C19H22N4O4. The fraction of sp³-hybridized carbons (Fsp3) is 0.316. The smallest absolute Gasteiger partial charge is 0.318 e. The van der Waals surface area contributed by atoms with E-state index in [2.05, 4.69) is 16.0 Å². The quantitative estimate of drug-likeness (QED) is 0.770. The highest BCUT2D eigenvalue weighted by atomic mass is 16.3. The van der Waals surface area contributed by atoms with Gasteiger partial charge in [-0.3, -0.25) is 9.59 Å². The summed E-state index contributed by atoms with van der Waals surface area (Å²) in [6, 6.07) is 9.18. The van der Waals surface area contributed by atoms with Gasteiger partial charge in [-0.05, 0) is 49.6 Å². The molecule has 1 aliphatic rings. The van der Waals surface area contributed by atoms with E-state index in [1.807, 2.05) is 0 Å².